The molecule has 0 saturated heterocycles. The molecule has 1 amide bonds. The van der Waals surface area contributed by atoms with E-state index in [0.29, 0.717) is 10.9 Å². The molecule has 0 bridgehead atoms. The first kappa shape index (κ1) is 12.9. The molecule has 0 spiro atoms. The largest absolute Gasteiger partial charge is 0.367 e. The smallest absolute Gasteiger partial charge is 0.259 e. The van der Waals surface area contributed by atoms with Crippen molar-refractivity contribution >= 4 is 28.8 Å². The first-order valence-electron chi connectivity index (χ1n) is 5.24. The Morgan fingerprint density at radius 3 is 2.83 bits per heavy atom. The van der Waals surface area contributed by atoms with Crippen LogP contribution in [0.5, 0.6) is 0 Å². The summed E-state index contributed by atoms with van der Waals surface area (Å²) in [5.41, 5.74) is -0.141. The zero-order chi connectivity index (χ0) is 13.1. The molecule has 0 radical (unpaired) electrons. The highest BCUT2D eigenvalue weighted by Crippen LogP contribution is 2.22. The molecular weight excluding hydrogens is 272 g/mol. The molecule has 0 saturated carbocycles. The quantitative estimate of drug-likeness (QED) is 0.940. The molecule has 0 aliphatic heterocycles. The average Bonchev–Trinajstić information content (AvgIpc) is 2.74. The van der Waals surface area contributed by atoms with Crippen LogP contribution in [-0.2, 0) is 6.54 Å². The Morgan fingerprint density at radius 1 is 1.44 bits per heavy atom. The van der Waals surface area contributed by atoms with E-state index in [1.54, 1.807) is 13.1 Å². The molecular formula is C12H11ClN2O2S. The molecule has 2 rings (SSSR count). The van der Waals surface area contributed by atoms with Crippen molar-refractivity contribution < 1.29 is 4.79 Å². The third-order valence-electron chi connectivity index (χ3n) is 2.42. The molecule has 2 heterocycles. The van der Waals surface area contributed by atoms with Gasteiger partial charge < -0.3 is 9.88 Å². The van der Waals surface area contributed by atoms with Gasteiger partial charge >= 0.3 is 0 Å². The van der Waals surface area contributed by atoms with Crippen molar-refractivity contribution in [3.63, 3.8) is 0 Å². The van der Waals surface area contributed by atoms with Crippen molar-refractivity contribution in [2.24, 2.45) is 0 Å². The molecule has 0 atom stereocenters. The van der Waals surface area contributed by atoms with Crippen LogP contribution in [0.4, 0.5) is 0 Å². The molecule has 0 fully saturated rings. The summed E-state index contributed by atoms with van der Waals surface area (Å²) < 4.78 is 0.684. The topological polar surface area (TPSA) is 53.2 Å². The highest BCUT2D eigenvalue weighted by molar-refractivity contribution is 7.16. The fourth-order valence-electron chi connectivity index (χ4n) is 1.53. The zero-order valence-corrected chi connectivity index (χ0v) is 11.2. The van der Waals surface area contributed by atoms with Gasteiger partial charge in [0.25, 0.3) is 5.91 Å². The molecule has 94 valence electrons. The Labute approximate surface area is 113 Å². The van der Waals surface area contributed by atoms with Gasteiger partial charge in [0, 0.05) is 30.4 Å². The van der Waals surface area contributed by atoms with E-state index in [4.69, 9.17) is 11.6 Å². The maximum absolute atomic E-state index is 12.1. The molecule has 6 heteroatoms. The molecule has 0 unspecified atom stereocenters. The lowest BCUT2D eigenvalue weighted by Gasteiger charge is -2.15. The maximum Gasteiger partial charge on any atom is 0.259 e. The molecule has 0 aliphatic carbocycles. The number of nitrogens with one attached hydrogen (secondary N) is 1. The highest BCUT2D eigenvalue weighted by atomic mass is 35.5. The number of H-pyrrole nitrogens is 1. The number of amides is 1. The van der Waals surface area contributed by atoms with Crippen molar-refractivity contribution in [2.45, 2.75) is 6.54 Å². The average molecular weight is 283 g/mol. The minimum Gasteiger partial charge on any atom is -0.367 e. The number of carbonyl (C=O) groups excluding carboxylic acids is 1. The first-order valence-corrected chi connectivity index (χ1v) is 6.44. The van der Waals surface area contributed by atoms with Crippen molar-refractivity contribution in [2.75, 3.05) is 7.05 Å². The van der Waals surface area contributed by atoms with Crippen molar-refractivity contribution in [3.05, 3.63) is 55.6 Å². The van der Waals surface area contributed by atoms with Gasteiger partial charge in [0.15, 0.2) is 5.43 Å². The van der Waals surface area contributed by atoms with E-state index in [1.807, 2.05) is 6.07 Å². The number of nitrogens with zero attached hydrogens (tertiary/aromatic N) is 1. The second-order valence-electron chi connectivity index (χ2n) is 3.79. The molecule has 0 aliphatic rings. The summed E-state index contributed by atoms with van der Waals surface area (Å²) in [4.78, 5) is 28.8. The van der Waals surface area contributed by atoms with Gasteiger partial charge in [-0.1, -0.05) is 11.6 Å². The summed E-state index contributed by atoms with van der Waals surface area (Å²) in [7, 11) is 1.66. The number of aromatic amines is 1. The van der Waals surface area contributed by atoms with E-state index in [9.17, 15) is 9.59 Å². The minimum absolute atomic E-state index is 0.141. The summed E-state index contributed by atoms with van der Waals surface area (Å²) in [5.74, 6) is -0.304. The minimum atomic E-state index is -0.304. The third-order valence-corrected chi connectivity index (χ3v) is 3.64. The lowest BCUT2D eigenvalue weighted by Crippen LogP contribution is -2.30. The summed E-state index contributed by atoms with van der Waals surface area (Å²) in [6.45, 7) is 0.435. The van der Waals surface area contributed by atoms with Gasteiger partial charge in [-0.25, -0.2) is 0 Å². The van der Waals surface area contributed by atoms with Gasteiger partial charge in [0.1, 0.15) is 5.56 Å². The second kappa shape index (κ2) is 5.37. The zero-order valence-electron chi connectivity index (χ0n) is 9.64. The Bertz CT molecular complexity index is 620. The van der Waals surface area contributed by atoms with Crippen LogP contribution in [0.2, 0.25) is 4.34 Å². The monoisotopic (exact) mass is 282 g/mol. The van der Waals surface area contributed by atoms with Crippen LogP contribution in [0.3, 0.4) is 0 Å². The number of carbonyl (C=O) groups is 1. The lowest BCUT2D eigenvalue weighted by molar-refractivity contribution is 0.0785. The van der Waals surface area contributed by atoms with Crippen LogP contribution in [0.15, 0.2) is 35.4 Å². The van der Waals surface area contributed by atoms with Crippen LogP contribution in [0.25, 0.3) is 0 Å². The van der Waals surface area contributed by atoms with Crippen molar-refractivity contribution in [1.29, 1.82) is 0 Å². The van der Waals surface area contributed by atoms with Gasteiger partial charge in [-0.15, -0.1) is 11.3 Å². The van der Waals surface area contributed by atoms with E-state index in [0.717, 1.165) is 4.88 Å². The number of rotatable bonds is 3. The molecule has 2 aromatic rings. The number of aromatic nitrogens is 1. The van der Waals surface area contributed by atoms with Crippen LogP contribution < -0.4 is 5.43 Å². The Balaban J connectivity index is 2.15. The van der Waals surface area contributed by atoms with Gasteiger partial charge in [-0.3, -0.25) is 9.59 Å². The van der Waals surface area contributed by atoms with Gasteiger partial charge in [-0.05, 0) is 12.1 Å². The van der Waals surface area contributed by atoms with Gasteiger partial charge in [0.05, 0.1) is 10.9 Å². The normalized spacial score (nSPS) is 10.3. The van der Waals surface area contributed by atoms with Gasteiger partial charge in [-0.2, -0.15) is 0 Å². The van der Waals surface area contributed by atoms with Crippen molar-refractivity contribution in [3.8, 4) is 0 Å². The molecule has 1 N–H and O–H groups in total. The summed E-state index contributed by atoms with van der Waals surface area (Å²) in [6.07, 6.45) is 2.92. The number of thiophene rings is 1. The standard InChI is InChI=1S/C12H11ClN2O2S/c1-15(7-8-2-3-11(13)18-8)12(17)9-6-14-5-4-10(9)16/h2-6H,7H2,1H3,(H,14,16). The summed E-state index contributed by atoms with van der Waals surface area (Å²) in [5, 5.41) is 0. The number of hydrogen-bond acceptors (Lipinski definition) is 3. The number of pyridine rings is 1. The highest BCUT2D eigenvalue weighted by Gasteiger charge is 2.15. The van der Waals surface area contributed by atoms with Crippen LogP contribution in [0.1, 0.15) is 15.2 Å². The third kappa shape index (κ3) is 2.80. The Morgan fingerprint density at radius 2 is 2.22 bits per heavy atom. The van der Waals surface area contributed by atoms with E-state index >= 15 is 0 Å². The first-order chi connectivity index (χ1) is 8.58. The predicted molar refractivity (Wildman–Crippen MR) is 72.2 cm³/mol. The SMILES string of the molecule is CN(Cc1ccc(Cl)s1)C(=O)c1c[nH]ccc1=O. The number of halogens is 1. The second-order valence-corrected chi connectivity index (χ2v) is 5.59. The van der Waals surface area contributed by atoms with Gasteiger partial charge in [0.2, 0.25) is 0 Å². The number of hydrogen-bond donors (Lipinski definition) is 1. The molecule has 2 aromatic heterocycles. The van der Waals surface area contributed by atoms with Crippen LogP contribution in [0, 0.1) is 0 Å². The fourth-order valence-corrected chi connectivity index (χ4v) is 2.67. The Hall–Kier alpha value is -1.59. The van der Waals surface area contributed by atoms with E-state index in [2.05, 4.69) is 4.98 Å². The summed E-state index contributed by atoms with van der Waals surface area (Å²) in [6, 6.07) is 4.99. The lowest BCUT2D eigenvalue weighted by atomic mass is 10.2. The summed E-state index contributed by atoms with van der Waals surface area (Å²) >= 11 is 7.24. The Kier molecular flexibility index (Phi) is 3.84. The van der Waals surface area contributed by atoms with Crippen LogP contribution in [-0.4, -0.2) is 22.8 Å². The predicted octanol–water partition coefficient (Wildman–Crippen LogP) is 2.36. The van der Waals surface area contributed by atoms with E-state index < -0.39 is 0 Å². The van der Waals surface area contributed by atoms with E-state index in [1.165, 1.54) is 34.7 Å². The van der Waals surface area contributed by atoms with Crippen molar-refractivity contribution in [1.82, 2.24) is 9.88 Å². The molecule has 0 aromatic carbocycles. The maximum atomic E-state index is 12.1. The van der Waals surface area contributed by atoms with E-state index in [-0.39, 0.29) is 16.9 Å². The van der Waals surface area contributed by atoms with Crippen LogP contribution >= 0.6 is 22.9 Å². The molecule has 4 nitrogen and oxygen atoms in total. The fraction of sp³-hybridized carbons (Fsp3) is 0.167. The molecule has 18 heavy (non-hydrogen) atoms.